The van der Waals surface area contributed by atoms with Crippen molar-refractivity contribution in [3.63, 3.8) is 0 Å². The minimum Gasteiger partial charge on any atom is -0.496 e. The second-order valence-corrected chi connectivity index (χ2v) is 3.25. The molecule has 0 unspecified atom stereocenters. The minimum absolute atomic E-state index is 0.132. The van der Waals surface area contributed by atoms with Gasteiger partial charge in [0.2, 0.25) is 0 Å². The van der Waals surface area contributed by atoms with Crippen molar-refractivity contribution in [2.24, 2.45) is 5.73 Å². The first-order chi connectivity index (χ1) is 7.63. The average molecular weight is 231 g/mol. The molecule has 3 nitrogen and oxygen atoms in total. The van der Waals surface area contributed by atoms with E-state index in [9.17, 15) is 8.78 Å². The SMILES string of the molecule is COc1cc(OC)c(C(F)F)cc1CCN. The van der Waals surface area contributed by atoms with Crippen LogP contribution in [0.3, 0.4) is 0 Å². The summed E-state index contributed by atoms with van der Waals surface area (Å²) < 4.78 is 35.4. The van der Waals surface area contributed by atoms with Crippen molar-refractivity contribution in [2.45, 2.75) is 12.8 Å². The van der Waals surface area contributed by atoms with Crippen LogP contribution >= 0.6 is 0 Å². The fraction of sp³-hybridized carbons (Fsp3) is 0.455. The summed E-state index contributed by atoms with van der Waals surface area (Å²) in [6.07, 6.45) is -2.08. The van der Waals surface area contributed by atoms with Gasteiger partial charge < -0.3 is 15.2 Å². The summed E-state index contributed by atoms with van der Waals surface area (Å²) in [6, 6.07) is 2.85. The Morgan fingerprint density at radius 2 is 1.81 bits per heavy atom. The number of nitrogens with two attached hydrogens (primary N) is 1. The lowest BCUT2D eigenvalue weighted by Crippen LogP contribution is -2.06. The van der Waals surface area contributed by atoms with Gasteiger partial charge in [0.05, 0.1) is 19.8 Å². The Balaban J connectivity index is 3.23. The van der Waals surface area contributed by atoms with E-state index < -0.39 is 6.43 Å². The highest BCUT2D eigenvalue weighted by molar-refractivity contribution is 5.47. The number of benzene rings is 1. The molecule has 0 fully saturated rings. The molecular formula is C11H15F2NO2. The van der Waals surface area contributed by atoms with E-state index in [0.29, 0.717) is 24.3 Å². The zero-order chi connectivity index (χ0) is 12.1. The van der Waals surface area contributed by atoms with Crippen LogP contribution in [0.15, 0.2) is 12.1 Å². The van der Waals surface area contributed by atoms with Crippen molar-refractivity contribution < 1.29 is 18.3 Å². The molecule has 0 saturated carbocycles. The Labute approximate surface area is 93.2 Å². The molecule has 16 heavy (non-hydrogen) atoms. The highest BCUT2D eigenvalue weighted by Gasteiger charge is 2.17. The number of hydrogen-bond donors (Lipinski definition) is 1. The fourth-order valence-corrected chi connectivity index (χ4v) is 1.51. The van der Waals surface area contributed by atoms with Gasteiger partial charge in [0, 0.05) is 6.07 Å². The fourth-order valence-electron chi connectivity index (χ4n) is 1.51. The van der Waals surface area contributed by atoms with Gasteiger partial charge >= 0.3 is 0 Å². The third-order valence-electron chi connectivity index (χ3n) is 2.28. The number of halogens is 2. The van der Waals surface area contributed by atoms with Crippen LogP contribution in [-0.4, -0.2) is 20.8 Å². The maximum Gasteiger partial charge on any atom is 0.267 e. The van der Waals surface area contributed by atoms with Crippen molar-refractivity contribution in [2.75, 3.05) is 20.8 Å². The molecule has 0 atom stereocenters. The molecular weight excluding hydrogens is 216 g/mol. The van der Waals surface area contributed by atoms with Gasteiger partial charge in [-0.1, -0.05) is 0 Å². The predicted octanol–water partition coefficient (Wildman–Crippen LogP) is 2.14. The maximum atomic E-state index is 12.7. The van der Waals surface area contributed by atoms with E-state index in [4.69, 9.17) is 15.2 Å². The van der Waals surface area contributed by atoms with Gasteiger partial charge in [-0.2, -0.15) is 0 Å². The van der Waals surface area contributed by atoms with Gasteiger partial charge in [-0.3, -0.25) is 0 Å². The Morgan fingerprint density at radius 3 is 2.25 bits per heavy atom. The van der Waals surface area contributed by atoms with Crippen LogP contribution in [0, 0.1) is 0 Å². The average Bonchev–Trinajstić information content (AvgIpc) is 2.28. The van der Waals surface area contributed by atoms with Crippen molar-refractivity contribution in [3.05, 3.63) is 23.3 Å². The van der Waals surface area contributed by atoms with E-state index in [1.807, 2.05) is 0 Å². The Morgan fingerprint density at radius 1 is 1.19 bits per heavy atom. The number of ether oxygens (including phenoxy) is 2. The van der Waals surface area contributed by atoms with E-state index in [1.165, 1.54) is 26.4 Å². The number of alkyl halides is 2. The standard InChI is InChI=1S/C11H15F2NO2/c1-15-9-6-10(16-2)8(11(12)13)5-7(9)3-4-14/h5-6,11H,3-4,14H2,1-2H3. The topological polar surface area (TPSA) is 44.5 Å². The molecule has 0 amide bonds. The summed E-state index contributed by atoms with van der Waals surface area (Å²) in [5, 5.41) is 0. The van der Waals surface area contributed by atoms with E-state index in [2.05, 4.69) is 0 Å². The van der Waals surface area contributed by atoms with Crippen molar-refractivity contribution >= 4 is 0 Å². The number of rotatable bonds is 5. The van der Waals surface area contributed by atoms with Gasteiger partial charge in [0.25, 0.3) is 6.43 Å². The van der Waals surface area contributed by atoms with Crippen LogP contribution in [0.5, 0.6) is 11.5 Å². The summed E-state index contributed by atoms with van der Waals surface area (Å²) in [4.78, 5) is 0. The highest BCUT2D eigenvalue weighted by atomic mass is 19.3. The monoisotopic (exact) mass is 231 g/mol. The molecule has 5 heteroatoms. The molecule has 0 aromatic heterocycles. The molecule has 1 aromatic carbocycles. The van der Waals surface area contributed by atoms with Crippen LogP contribution in [0.2, 0.25) is 0 Å². The molecule has 0 heterocycles. The van der Waals surface area contributed by atoms with Gasteiger partial charge in [-0.05, 0) is 24.6 Å². The van der Waals surface area contributed by atoms with Crippen molar-refractivity contribution in [1.29, 1.82) is 0 Å². The number of methoxy groups -OCH3 is 2. The van der Waals surface area contributed by atoms with Gasteiger partial charge in [0.15, 0.2) is 0 Å². The second kappa shape index (κ2) is 5.65. The second-order valence-electron chi connectivity index (χ2n) is 3.25. The summed E-state index contributed by atoms with van der Waals surface area (Å²) in [5.41, 5.74) is 5.94. The minimum atomic E-state index is -2.57. The molecule has 0 spiro atoms. The van der Waals surface area contributed by atoms with Crippen molar-refractivity contribution in [1.82, 2.24) is 0 Å². The molecule has 0 aliphatic rings. The van der Waals surface area contributed by atoms with E-state index in [0.717, 1.165) is 0 Å². The van der Waals surface area contributed by atoms with E-state index in [1.54, 1.807) is 0 Å². The first kappa shape index (κ1) is 12.7. The predicted molar refractivity (Wildman–Crippen MR) is 57.3 cm³/mol. The Bertz CT molecular complexity index is 356. The summed E-state index contributed by atoms with van der Waals surface area (Å²) in [5.74, 6) is 0.652. The lowest BCUT2D eigenvalue weighted by Gasteiger charge is -2.14. The van der Waals surface area contributed by atoms with Crippen LogP contribution in [0.4, 0.5) is 8.78 Å². The summed E-state index contributed by atoms with van der Waals surface area (Å²) >= 11 is 0. The van der Waals surface area contributed by atoms with Gasteiger partial charge in [0.1, 0.15) is 11.5 Å². The Hall–Kier alpha value is -1.36. The first-order valence-corrected chi connectivity index (χ1v) is 4.87. The lowest BCUT2D eigenvalue weighted by molar-refractivity contribution is 0.147. The molecule has 1 rings (SSSR count). The molecule has 1 aromatic rings. The van der Waals surface area contributed by atoms with Crippen LogP contribution < -0.4 is 15.2 Å². The maximum absolute atomic E-state index is 12.7. The lowest BCUT2D eigenvalue weighted by atomic mass is 10.1. The molecule has 2 N–H and O–H groups in total. The van der Waals surface area contributed by atoms with Crippen molar-refractivity contribution in [3.8, 4) is 11.5 Å². The molecule has 0 aliphatic carbocycles. The molecule has 0 saturated heterocycles. The van der Waals surface area contributed by atoms with Crippen LogP contribution in [-0.2, 0) is 6.42 Å². The van der Waals surface area contributed by atoms with Gasteiger partial charge in [-0.15, -0.1) is 0 Å². The highest BCUT2D eigenvalue weighted by Crippen LogP contribution is 2.35. The normalized spacial score (nSPS) is 10.6. The first-order valence-electron chi connectivity index (χ1n) is 4.87. The largest absolute Gasteiger partial charge is 0.496 e. The molecule has 0 bridgehead atoms. The quantitative estimate of drug-likeness (QED) is 0.844. The summed E-state index contributed by atoms with van der Waals surface area (Å²) in [7, 11) is 2.83. The van der Waals surface area contributed by atoms with Gasteiger partial charge in [-0.25, -0.2) is 8.78 Å². The van der Waals surface area contributed by atoms with Crippen LogP contribution in [0.25, 0.3) is 0 Å². The van der Waals surface area contributed by atoms with Crippen LogP contribution in [0.1, 0.15) is 17.6 Å². The Kier molecular flexibility index (Phi) is 4.49. The zero-order valence-electron chi connectivity index (χ0n) is 9.30. The van der Waals surface area contributed by atoms with E-state index >= 15 is 0 Å². The summed E-state index contributed by atoms with van der Waals surface area (Å²) in [6.45, 7) is 0.380. The molecule has 0 radical (unpaired) electrons. The molecule has 0 aliphatic heterocycles. The third-order valence-corrected chi connectivity index (χ3v) is 2.28. The third kappa shape index (κ3) is 2.61. The van der Waals surface area contributed by atoms with E-state index in [-0.39, 0.29) is 11.3 Å². The smallest absolute Gasteiger partial charge is 0.267 e. The zero-order valence-corrected chi connectivity index (χ0v) is 9.30. The number of hydrogen-bond acceptors (Lipinski definition) is 3. The molecule has 90 valence electrons.